The van der Waals surface area contributed by atoms with Gasteiger partial charge in [-0.05, 0) is 18.9 Å². The van der Waals surface area contributed by atoms with Crippen molar-refractivity contribution in [3.63, 3.8) is 0 Å². The number of nitriles is 1. The molecule has 66 valence electrons. The van der Waals surface area contributed by atoms with Crippen molar-refractivity contribution in [2.75, 3.05) is 0 Å². The first-order valence-electron chi connectivity index (χ1n) is 3.91. The van der Waals surface area contributed by atoms with E-state index in [0.717, 1.165) is 0 Å². The van der Waals surface area contributed by atoms with Crippen LogP contribution in [0.25, 0.3) is 0 Å². The van der Waals surface area contributed by atoms with Crippen LogP contribution in [-0.2, 0) is 5.41 Å². The molecule has 0 spiro atoms. The lowest BCUT2D eigenvalue weighted by Gasteiger charge is -2.05. The molecule has 0 amide bonds. The van der Waals surface area contributed by atoms with E-state index in [-0.39, 0.29) is 10.7 Å². The van der Waals surface area contributed by atoms with Crippen molar-refractivity contribution in [1.82, 2.24) is 4.98 Å². The Bertz CT molecular complexity index is 393. The van der Waals surface area contributed by atoms with Gasteiger partial charge in [0.2, 0.25) is 0 Å². The lowest BCUT2D eigenvalue weighted by atomic mass is 10.0. The highest BCUT2D eigenvalue weighted by atomic mass is 35.5. The van der Waals surface area contributed by atoms with Gasteiger partial charge in [0.25, 0.3) is 0 Å². The second-order valence-electron chi connectivity index (χ2n) is 3.18. The Labute approximate surface area is 80.0 Å². The van der Waals surface area contributed by atoms with Crippen LogP contribution in [0.1, 0.15) is 18.5 Å². The van der Waals surface area contributed by atoms with Crippen LogP contribution in [0.3, 0.4) is 0 Å². The minimum atomic E-state index is -0.672. The van der Waals surface area contributed by atoms with E-state index in [9.17, 15) is 4.39 Å². The number of halogens is 2. The molecule has 0 radical (unpaired) electrons. The molecule has 1 aromatic rings. The summed E-state index contributed by atoms with van der Waals surface area (Å²) in [6.07, 6.45) is 2.75. The summed E-state index contributed by atoms with van der Waals surface area (Å²) in [5, 5.41) is 9.07. The van der Waals surface area contributed by atoms with E-state index in [1.807, 2.05) is 0 Å². The van der Waals surface area contributed by atoms with E-state index in [1.165, 1.54) is 12.3 Å². The highest BCUT2D eigenvalue weighted by Gasteiger charge is 2.48. The maximum absolute atomic E-state index is 13.3. The van der Waals surface area contributed by atoms with E-state index in [0.29, 0.717) is 12.8 Å². The zero-order valence-corrected chi connectivity index (χ0v) is 7.48. The van der Waals surface area contributed by atoms with Gasteiger partial charge in [0.05, 0.1) is 16.8 Å². The summed E-state index contributed by atoms with van der Waals surface area (Å²) in [5.74, 6) is -0.480. The SMILES string of the molecule is N#CC1(c2ncc(Cl)cc2F)CC1. The molecule has 1 heterocycles. The van der Waals surface area contributed by atoms with Crippen LogP contribution in [-0.4, -0.2) is 4.98 Å². The Morgan fingerprint density at radius 1 is 1.62 bits per heavy atom. The Morgan fingerprint density at radius 3 is 2.77 bits per heavy atom. The van der Waals surface area contributed by atoms with Gasteiger partial charge in [-0.1, -0.05) is 11.6 Å². The predicted octanol–water partition coefficient (Wildman–Crippen LogP) is 2.43. The van der Waals surface area contributed by atoms with Crippen molar-refractivity contribution in [3.8, 4) is 6.07 Å². The van der Waals surface area contributed by atoms with Gasteiger partial charge in [0.1, 0.15) is 11.2 Å². The van der Waals surface area contributed by atoms with Crippen LogP contribution < -0.4 is 0 Å². The van der Waals surface area contributed by atoms with Crippen molar-refractivity contribution >= 4 is 11.6 Å². The molecule has 1 saturated carbocycles. The molecule has 2 rings (SSSR count). The molecule has 1 fully saturated rings. The summed E-state index contributed by atoms with van der Waals surface area (Å²) in [5.41, 5.74) is -0.436. The third-order valence-electron chi connectivity index (χ3n) is 2.23. The van der Waals surface area contributed by atoms with Crippen molar-refractivity contribution in [2.45, 2.75) is 18.3 Å². The molecule has 13 heavy (non-hydrogen) atoms. The first-order valence-corrected chi connectivity index (χ1v) is 4.28. The van der Waals surface area contributed by atoms with Crippen molar-refractivity contribution in [1.29, 1.82) is 5.26 Å². The quantitative estimate of drug-likeness (QED) is 0.692. The van der Waals surface area contributed by atoms with Gasteiger partial charge in [-0.2, -0.15) is 5.26 Å². The van der Waals surface area contributed by atoms with E-state index in [2.05, 4.69) is 11.1 Å². The van der Waals surface area contributed by atoms with Gasteiger partial charge in [0, 0.05) is 6.20 Å². The van der Waals surface area contributed by atoms with E-state index < -0.39 is 11.2 Å². The Balaban J connectivity index is 2.48. The number of nitrogens with zero attached hydrogens (tertiary/aromatic N) is 2. The van der Waals surface area contributed by atoms with Gasteiger partial charge < -0.3 is 0 Å². The van der Waals surface area contributed by atoms with Gasteiger partial charge >= 0.3 is 0 Å². The number of rotatable bonds is 1. The smallest absolute Gasteiger partial charge is 0.147 e. The molecule has 0 atom stereocenters. The van der Waals surface area contributed by atoms with Gasteiger partial charge in [-0.15, -0.1) is 0 Å². The average Bonchev–Trinajstić information content (AvgIpc) is 2.85. The minimum Gasteiger partial charge on any atom is -0.255 e. The molecule has 1 aromatic heterocycles. The van der Waals surface area contributed by atoms with E-state index in [4.69, 9.17) is 16.9 Å². The largest absolute Gasteiger partial charge is 0.255 e. The summed E-state index contributed by atoms with van der Waals surface area (Å²) in [6, 6.07) is 3.28. The summed E-state index contributed by atoms with van der Waals surface area (Å²) in [4.78, 5) is 3.85. The molecule has 0 N–H and O–H groups in total. The third kappa shape index (κ3) is 1.27. The van der Waals surface area contributed by atoms with Gasteiger partial charge in [-0.3, -0.25) is 4.98 Å². The zero-order valence-electron chi connectivity index (χ0n) is 6.72. The van der Waals surface area contributed by atoms with Crippen LogP contribution >= 0.6 is 11.6 Å². The van der Waals surface area contributed by atoms with Crippen molar-refractivity contribution in [3.05, 3.63) is 28.8 Å². The number of aromatic nitrogens is 1. The van der Waals surface area contributed by atoms with Crippen molar-refractivity contribution in [2.24, 2.45) is 0 Å². The molecule has 1 aliphatic carbocycles. The first kappa shape index (κ1) is 8.46. The van der Waals surface area contributed by atoms with Gasteiger partial charge in [-0.25, -0.2) is 4.39 Å². The molecule has 0 bridgehead atoms. The van der Waals surface area contributed by atoms with Crippen LogP contribution in [0.2, 0.25) is 5.02 Å². The van der Waals surface area contributed by atoms with Crippen LogP contribution in [0, 0.1) is 17.1 Å². The zero-order chi connectivity index (χ0) is 9.47. The molecular weight excluding hydrogens is 191 g/mol. The highest BCUT2D eigenvalue weighted by molar-refractivity contribution is 6.30. The normalized spacial score (nSPS) is 17.9. The molecule has 2 nitrogen and oxygen atoms in total. The lowest BCUT2D eigenvalue weighted by molar-refractivity contribution is 0.586. The van der Waals surface area contributed by atoms with E-state index >= 15 is 0 Å². The fourth-order valence-corrected chi connectivity index (χ4v) is 1.44. The Morgan fingerprint density at radius 2 is 2.31 bits per heavy atom. The number of hydrogen-bond acceptors (Lipinski definition) is 2. The minimum absolute atomic E-state index is 0.236. The Hall–Kier alpha value is -1.14. The van der Waals surface area contributed by atoms with Crippen LogP contribution in [0.15, 0.2) is 12.3 Å². The highest BCUT2D eigenvalue weighted by Crippen LogP contribution is 2.47. The molecule has 1 aliphatic rings. The molecule has 4 heteroatoms. The lowest BCUT2D eigenvalue weighted by Crippen LogP contribution is -2.08. The molecule has 0 unspecified atom stereocenters. The summed E-state index contributed by atoms with van der Waals surface area (Å²) < 4.78 is 13.3. The topological polar surface area (TPSA) is 36.7 Å². The molecule has 0 saturated heterocycles. The summed E-state index contributed by atoms with van der Waals surface area (Å²) >= 11 is 5.55. The standard InChI is InChI=1S/C9H6ClFN2/c10-6-3-7(11)8(13-4-6)9(5-12)1-2-9/h3-4H,1-2H2. The van der Waals surface area contributed by atoms with E-state index in [1.54, 1.807) is 0 Å². The number of pyridine rings is 1. The predicted molar refractivity (Wildman–Crippen MR) is 45.7 cm³/mol. The second-order valence-corrected chi connectivity index (χ2v) is 3.61. The van der Waals surface area contributed by atoms with Gasteiger partial charge in [0.15, 0.2) is 0 Å². The maximum Gasteiger partial charge on any atom is 0.147 e. The van der Waals surface area contributed by atoms with Crippen LogP contribution in [0.5, 0.6) is 0 Å². The number of hydrogen-bond donors (Lipinski definition) is 0. The average molecular weight is 197 g/mol. The summed E-state index contributed by atoms with van der Waals surface area (Å²) in [6.45, 7) is 0. The molecule has 0 aliphatic heterocycles. The summed E-state index contributed by atoms with van der Waals surface area (Å²) in [7, 11) is 0. The third-order valence-corrected chi connectivity index (χ3v) is 2.43. The monoisotopic (exact) mass is 196 g/mol. The maximum atomic E-state index is 13.3. The Kier molecular flexibility index (Phi) is 1.74. The molecular formula is C9H6ClFN2. The van der Waals surface area contributed by atoms with Crippen LogP contribution in [0.4, 0.5) is 4.39 Å². The fraction of sp³-hybridized carbons (Fsp3) is 0.333. The van der Waals surface area contributed by atoms with Crippen molar-refractivity contribution < 1.29 is 4.39 Å². The second kappa shape index (κ2) is 2.68. The first-order chi connectivity index (χ1) is 6.18. The fourth-order valence-electron chi connectivity index (χ4n) is 1.29. The molecule has 0 aromatic carbocycles.